The Bertz CT molecular complexity index is 507. The molecule has 4 heteroatoms. The Kier molecular flexibility index (Phi) is 4.88. The van der Waals surface area contributed by atoms with E-state index in [1.165, 1.54) is 5.56 Å². The number of aryl methyl sites for hydroxylation is 1. The van der Waals surface area contributed by atoms with E-state index < -0.39 is 0 Å². The van der Waals surface area contributed by atoms with Crippen molar-refractivity contribution in [3.8, 4) is 5.75 Å². The molecule has 0 amide bonds. The summed E-state index contributed by atoms with van der Waals surface area (Å²) in [5.74, 6) is 1.76. The lowest BCUT2D eigenvalue weighted by Gasteiger charge is -2.13. The Balaban J connectivity index is 1.95. The van der Waals surface area contributed by atoms with Crippen LogP contribution in [0.4, 0.5) is 0 Å². The molecule has 0 saturated carbocycles. The van der Waals surface area contributed by atoms with Gasteiger partial charge in [0.05, 0.1) is 13.2 Å². The lowest BCUT2D eigenvalue weighted by atomic mass is 10.0. The van der Waals surface area contributed by atoms with Crippen LogP contribution in [0.5, 0.6) is 5.75 Å². The molecule has 19 heavy (non-hydrogen) atoms. The van der Waals surface area contributed by atoms with Gasteiger partial charge in [-0.15, -0.1) is 0 Å². The van der Waals surface area contributed by atoms with Crippen LogP contribution in [0, 0.1) is 0 Å². The van der Waals surface area contributed by atoms with Gasteiger partial charge in [-0.2, -0.15) is 0 Å². The van der Waals surface area contributed by atoms with Gasteiger partial charge in [-0.05, 0) is 61.3 Å². The van der Waals surface area contributed by atoms with Crippen molar-refractivity contribution in [1.82, 2.24) is 5.32 Å². The zero-order chi connectivity index (χ0) is 13.7. The van der Waals surface area contributed by atoms with Crippen LogP contribution in [-0.2, 0) is 6.42 Å². The molecule has 1 heterocycles. The number of hydrogen-bond donors (Lipinski definition) is 1. The maximum Gasteiger partial charge on any atom is 0.193 e. The summed E-state index contributed by atoms with van der Waals surface area (Å²) < 4.78 is 10.6. The average Bonchev–Trinajstić information content (AvgIpc) is 2.87. The number of ether oxygens (including phenoxy) is 1. The third-order valence-corrected chi connectivity index (χ3v) is 3.37. The third kappa shape index (κ3) is 3.75. The normalized spacial score (nSPS) is 12.4. The van der Waals surface area contributed by atoms with E-state index in [-0.39, 0.29) is 6.04 Å². The molecule has 1 N–H and O–H groups in total. The van der Waals surface area contributed by atoms with Crippen molar-refractivity contribution in [1.29, 1.82) is 0 Å². The van der Waals surface area contributed by atoms with Crippen LogP contribution < -0.4 is 10.1 Å². The second kappa shape index (κ2) is 6.64. The third-order valence-electron chi connectivity index (χ3n) is 3.17. The Morgan fingerprint density at radius 1 is 1.21 bits per heavy atom. The first-order valence-electron chi connectivity index (χ1n) is 6.28. The van der Waals surface area contributed by atoms with Crippen molar-refractivity contribution < 1.29 is 9.15 Å². The van der Waals surface area contributed by atoms with Crippen LogP contribution in [0.2, 0.25) is 5.22 Å². The molecule has 0 aliphatic carbocycles. The highest BCUT2D eigenvalue weighted by atomic mass is 35.5. The van der Waals surface area contributed by atoms with Gasteiger partial charge in [0.15, 0.2) is 5.22 Å². The van der Waals surface area contributed by atoms with Gasteiger partial charge >= 0.3 is 0 Å². The minimum absolute atomic E-state index is 0.176. The Morgan fingerprint density at radius 3 is 2.47 bits per heavy atom. The molecule has 0 radical (unpaired) electrons. The van der Waals surface area contributed by atoms with Gasteiger partial charge in [-0.1, -0.05) is 12.1 Å². The lowest BCUT2D eigenvalue weighted by Crippen LogP contribution is -2.16. The van der Waals surface area contributed by atoms with Gasteiger partial charge in [0, 0.05) is 0 Å². The molecule has 1 unspecified atom stereocenters. The van der Waals surface area contributed by atoms with Gasteiger partial charge in [0.25, 0.3) is 0 Å². The average molecular weight is 280 g/mol. The van der Waals surface area contributed by atoms with Gasteiger partial charge < -0.3 is 14.5 Å². The molecule has 0 saturated heterocycles. The monoisotopic (exact) mass is 279 g/mol. The van der Waals surface area contributed by atoms with Crippen LogP contribution in [0.25, 0.3) is 0 Å². The van der Waals surface area contributed by atoms with E-state index in [0.717, 1.165) is 24.4 Å². The Morgan fingerprint density at radius 2 is 1.95 bits per heavy atom. The summed E-state index contributed by atoms with van der Waals surface area (Å²) >= 11 is 5.80. The zero-order valence-corrected chi connectivity index (χ0v) is 11.9. The molecule has 1 aromatic heterocycles. The first-order valence-corrected chi connectivity index (χ1v) is 6.66. The molecular weight excluding hydrogens is 262 g/mol. The summed E-state index contributed by atoms with van der Waals surface area (Å²) in [7, 11) is 3.60. The van der Waals surface area contributed by atoms with E-state index in [1.54, 1.807) is 13.2 Å². The predicted octanol–water partition coefficient (Wildman–Crippen LogP) is 3.83. The van der Waals surface area contributed by atoms with Crippen LogP contribution in [0.3, 0.4) is 0 Å². The van der Waals surface area contributed by atoms with Crippen LogP contribution in [-0.4, -0.2) is 14.2 Å². The van der Waals surface area contributed by atoms with E-state index >= 15 is 0 Å². The summed E-state index contributed by atoms with van der Waals surface area (Å²) in [5, 5.41) is 3.68. The maximum atomic E-state index is 5.80. The molecule has 2 rings (SSSR count). The summed E-state index contributed by atoms with van der Waals surface area (Å²) in [4.78, 5) is 0. The minimum atomic E-state index is 0.176. The summed E-state index contributed by atoms with van der Waals surface area (Å²) in [6.45, 7) is 0. The van der Waals surface area contributed by atoms with Gasteiger partial charge in [-0.25, -0.2) is 0 Å². The standard InChI is InChI=1S/C15H18ClNO2/c1-17-13(14-9-10-15(16)19-14)8-5-11-3-6-12(18-2)7-4-11/h3-4,6-7,9-10,13,17H,5,8H2,1-2H3. The molecule has 0 bridgehead atoms. The van der Waals surface area contributed by atoms with Crippen molar-refractivity contribution in [2.75, 3.05) is 14.2 Å². The molecule has 0 spiro atoms. The first-order chi connectivity index (χ1) is 9.22. The number of hydrogen-bond acceptors (Lipinski definition) is 3. The molecule has 0 fully saturated rings. The second-order valence-corrected chi connectivity index (χ2v) is 4.74. The molecule has 102 valence electrons. The molecule has 1 atom stereocenters. The SMILES string of the molecule is CNC(CCc1ccc(OC)cc1)c1ccc(Cl)o1. The topological polar surface area (TPSA) is 34.4 Å². The number of rotatable bonds is 6. The van der Waals surface area contributed by atoms with Crippen molar-refractivity contribution in [3.05, 3.63) is 52.9 Å². The van der Waals surface area contributed by atoms with Crippen LogP contribution in [0.1, 0.15) is 23.8 Å². The fraction of sp³-hybridized carbons (Fsp3) is 0.333. The number of halogens is 1. The van der Waals surface area contributed by atoms with E-state index in [9.17, 15) is 0 Å². The second-order valence-electron chi connectivity index (χ2n) is 4.37. The quantitative estimate of drug-likeness (QED) is 0.872. The van der Waals surface area contributed by atoms with E-state index in [1.807, 2.05) is 25.2 Å². The van der Waals surface area contributed by atoms with Gasteiger partial charge in [0.2, 0.25) is 0 Å². The molecule has 0 aliphatic rings. The number of methoxy groups -OCH3 is 1. The zero-order valence-electron chi connectivity index (χ0n) is 11.2. The molecule has 2 aromatic rings. The fourth-order valence-corrected chi connectivity index (χ4v) is 2.20. The Labute approximate surface area is 118 Å². The molecular formula is C15H18ClNO2. The number of nitrogens with one attached hydrogen (secondary N) is 1. The molecule has 0 aliphatic heterocycles. The highest BCUT2D eigenvalue weighted by molar-refractivity contribution is 6.28. The smallest absolute Gasteiger partial charge is 0.193 e. The van der Waals surface area contributed by atoms with Crippen molar-refractivity contribution in [2.24, 2.45) is 0 Å². The largest absolute Gasteiger partial charge is 0.497 e. The minimum Gasteiger partial charge on any atom is -0.497 e. The Hall–Kier alpha value is -1.45. The first kappa shape index (κ1) is 14.0. The number of furan rings is 1. The van der Waals surface area contributed by atoms with Crippen molar-refractivity contribution in [2.45, 2.75) is 18.9 Å². The highest BCUT2D eigenvalue weighted by Crippen LogP contribution is 2.24. The van der Waals surface area contributed by atoms with Gasteiger partial charge in [-0.3, -0.25) is 0 Å². The van der Waals surface area contributed by atoms with Crippen LogP contribution in [0.15, 0.2) is 40.8 Å². The van der Waals surface area contributed by atoms with Crippen molar-refractivity contribution in [3.63, 3.8) is 0 Å². The van der Waals surface area contributed by atoms with E-state index in [4.69, 9.17) is 20.8 Å². The highest BCUT2D eigenvalue weighted by Gasteiger charge is 2.13. The molecule has 3 nitrogen and oxygen atoms in total. The number of benzene rings is 1. The van der Waals surface area contributed by atoms with E-state index in [0.29, 0.717) is 5.22 Å². The van der Waals surface area contributed by atoms with Gasteiger partial charge in [0.1, 0.15) is 11.5 Å². The predicted molar refractivity (Wildman–Crippen MR) is 76.8 cm³/mol. The van der Waals surface area contributed by atoms with E-state index in [2.05, 4.69) is 17.4 Å². The summed E-state index contributed by atoms with van der Waals surface area (Å²) in [5.41, 5.74) is 1.28. The summed E-state index contributed by atoms with van der Waals surface area (Å²) in [6.07, 6.45) is 1.92. The molecule has 1 aromatic carbocycles. The fourth-order valence-electron chi connectivity index (χ4n) is 2.05. The van der Waals surface area contributed by atoms with Crippen LogP contribution >= 0.6 is 11.6 Å². The lowest BCUT2D eigenvalue weighted by molar-refractivity contribution is 0.412. The summed E-state index contributed by atoms with van der Waals surface area (Å²) in [6, 6.07) is 12.0. The maximum absolute atomic E-state index is 5.80. The van der Waals surface area contributed by atoms with Crippen molar-refractivity contribution >= 4 is 11.6 Å².